The summed E-state index contributed by atoms with van der Waals surface area (Å²) < 4.78 is 0. The van der Waals surface area contributed by atoms with E-state index in [4.69, 9.17) is 12.2 Å². The second-order valence-electron chi connectivity index (χ2n) is 4.44. The molecule has 0 spiro atoms. The van der Waals surface area contributed by atoms with E-state index >= 15 is 0 Å². The molecule has 112 valence electrons. The number of hydrogen-bond acceptors (Lipinski definition) is 5. The molecule has 0 atom stereocenters. The lowest BCUT2D eigenvalue weighted by atomic mass is 10.2. The molecular formula is C14H11N3O4S. The van der Waals surface area contributed by atoms with Gasteiger partial charge in [-0.1, -0.05) is 12.2 Å². The van der Waals surface area contributed by atoms with Crippen molar-refractivity contribution >= 4 is 34.3 Å². The van der Waals surface area contributed by atoms with Crippen LogP contribution in [0.2, 0.25) is 0 Å². The van der Waals surface area contributed by atoms with Gasteiger partial charge in [0.15, 0.2) is 0 Å². The summed E-state index contributed by atoms with van der Waals surface area (Å²) >= 11 is 5.34. The first-order valence-corrected chi connectivity index (χ1v) is 6.58. The number of nitrogens with zero attached hydrogens (tertiary/aromatic N) is 3. The number of benzene rings is 2. The van der Waals surface area contributed by atoms with Crippen LogP contribution in [0.5, 0.6) is 0 Å². The van der Waals surface area contributed by atoms with E-state index in [2.05, 4.69) is 0 Å². The molecule has 2 aromatic carbocycles. The van der Waals surface area contributed by atoms with E-state index in [0.717, 1.165) is 0 Å². The van der Waals surface area contributed by atoms with Crippen molar-refractivity contribution in [1.82, 2.24) is 0 Å². The fourth-order valence-electron chi connectivity index (χ4n) is 1.83. The fraction of sp³-hybridized carbons (Fsp3) is 0.0714. The van der Waals surface area contributed by atoms with E-state index in [9.17, 15) is 20.2 Å². The monoisotopic (exact) mass is 317 g/mol. The zero-order chi connectivity index (χ0) is 16.3. The van der Waals surface area contributed by atoms with E-state index in [1.807, 2.05) is 0 Å². The third-order valence-corrected chi connectivity index (χ3v) is 3.59. The zero-order valence-electron chi connectivity index (χ0n) is 11.5. The molecule has 0 heterocycles. The van der Waals surface area contributed by atoms with Gasteiger partial charge in [0.25, 0.3) is 11.4 Å². The average molecular weight is 317 g/mol. The van der Waals surface area contributed by atoms with Gasteiger partial charge in [-0.05, 0) is 24.3 Å². The first-order valence-electron chi connectivity index (χ1n) is 6.17. The van der Waals surface area contributed by atoms with Gasteiger partial charge in [-0.3, -0.25) is 20.2 Å². The summed E-state index contributed by atoms with van der Waals surface area (Å²) in [5, 5.41) is 21.3. The van der Waals surface area contributed by atoms with Crippen LogP contribution in [0.25, 0.3) is 0 Å². The predicted octanol–water partition coefficient (Wildman–Crippen LogP) is 3.31. The lowest BCUT2D eigenvalue weighted by Crippen LogP contribution is -2.25. The Hall–Kier alpha value is -2.87. The van der Waals surface area contributed by atoms with Crippen molar-refractivity contribution in [3.63, 3.8) is 0 Å². The van der Waals surface area contributed by atoms with Crippen LogP contribution in [0, 0.1) is 20.2 Å². The number of anilines is 1. The highest BCUT2D eigenvalue weighted by Crippen LogP contribution is 2.21. The third-order valence-electron chi connectivity index (χ3n) is 3.08. The normalized spacial score (nSPS) is 10.0. The standard InChI is InChI=1S/C14H11N3O4S/c1-15(11-6-8-13(9-7-11)17(20)21)14(22)10-2-4-12(5-3-10)16(18)19/h2-9H,1H3. The Morgan fingerprint density at radius 1 is 0.909 bits per heavy atom. The van der Waals surface area contributed by atoms with E-state index in [1.165, 1.54) is 24.3 Å². The number of thiocarbonyl (C=S) groups is 1. The van der Waals surface area contributed by atoms with Crippen LogP contribution >= 0.6 is 12.2 Å². The topological polar surface area (TPSA) is 89.5 Å². The maximum atomic E-state index is 10.6. The van der Waals surface area contributed by atoms with Crippen LogP contribution in [0.1, 0.15) is 5.56 Å². The number of rotatable bonds is 4. The van der Waals surface area contributed by atoms with Crippen molar-refractivity contribution < 1.29 is 9.85 Å². The lowest BCUT2D eigenvalue weighted by Gasteiger charge is -2.20. The van der Waals surface area contributed by atoms with Crippen molar-refractivity contribution in [3.05, 3.63) is 74.3 Å². The lowest BCUT2D eigenvalue weighted by molar-refractivity contribution is -0.385. The summed E-state index contributed by atoms with van der Waals surface area (Å²) in [5.41, 5.74) is 1.33. The Balaban J connectivity index is 2.20. The molecule has 7 nitrogen and oxygen atoms in total. The summed E-state index contributed by atoms with van der Waals surface area (Å²) in [6.45, 7) is 0. The SMILES string of the molecule is CN(C(=S)c1ccc([N+](=O)[O-])cc1)c1ccc([N+](=O)[O-])cc1. The summed E-state index contributed by atoms with van der Waals surface area (Å²) in [6, 6.07) is 11.9. The molecule has 8 heteroatoms. The quantitative estimate of drug-likeness (QED) is 0.488. The van der Waals surface area contributed by atoms with Gasteiger partial charge in [-0.15, -0.1) is 0 Å². The Kier molecular flexibility index (Phi) is 4.42. The van der Waals surface area contributed by atoms with Crippen molar-refractivity contribution in [2.24, 2.45) is 0 Å². The van der Waals surface area contributed by atoms with Gasteiger partial charge in [0, 0.05) is 42.6 Å². The van der Waals surface area contributed by atoms with Gasteiger partial charge in [0.05, 0.1) is 9.85 Å². The largest absolute Gasteiger partial charge is 0.335 e. The van der Waals surface area contributed by atoms with Crippen molar-refractivity contribution in [2.45, 2.75) is 0 Å². The Bertz CT molecular complexity index is 729. The molecule has 0 unspecified atom stereocenters. The molecule has 0 aliphatic rings. The molecular weight excluding hydrogens is 306 g/mol. The second kappa shape index (κ2) is 6.27. The minimum absolute atomic E-state index is 0.00148. The highest BCUT2D eigenvalue weighted by atomic mass is 32.1. The highest BCUT2D eigenvalue weighted by molar-refractivity contribution is 7.81. The summed E-state index contributed by atoms with van der Waals surface area (Å²) in [4.78, 5) is 22.5. The van der Waals surface area contributed by atoms with Gasteiger partial charge < -0.3 is 4.90 Å². The first-order chi connectivity index (χ1) is 10.4. The molecule has 0 saturated carbocycles. The van der Waals surface area contributed by atoms with Gasteiger partial charge in [0.1, 0.15) is 4.99 Å². The van der Waals surface area contributed by atoms with Gasteiger partial charge >= 0.3 is 0 Å². The molecule has 0 fully saturated rings. The van der Waals surface area contributed by atoms with Crippen LogP contribution in [0.4, 0.5) is 17.1 Å². The Labute approximate surface area is 131 Å². The molecule has 0 radical (unpaired) electrons. The molecule has 0 bridgehead atoms. The molecule has 0 amide bonds. The second-order valence-corrected chi connectivity index (χ2v) is 4.83. The van der Waals surface area contributed by atoms with Crippen LogP contribution in [0.3, 0.4) is 0 Å². The van der Waals surface area contributed by atoms with Crippen LogP contribution in [-0.4, -0.2) is 21.9 Å². The van der Waals surface area contributed by atoms with Gasteiger partial charge in [-0.2, -0.15) is 0 Å². The van der Waals surface area contributed by atoms with Crippen LogP contribution < -0.4 is 4.90 Å². The highest BCUT2D eigenvalue weighted by Gasteiger charge is 2.13. The molecule has 0 aliphatic carbocycles. The zero-order valence-corrected chi connectivity index (χ0v) is 12.3. The van der Waals surface area contributed by atoms with Crippen molar-refractivity contribution in [3.8, 4) is 0 Å². The van der Waals surface area contributed by atoms with Gasteiger partial charge in [0.2, 0.25) is 0 Å². The first kappa shape index (κ1) is 15.5. The average Bonchev–Trinajstić information content (AvgIpc) is 2.53. The Morgan fingerprint density at radius 2 is 1.32 bits per heavy atom. The number of nitro groups is 2. The summed E-state index contributed by atoms with van der Waals surface area (Å²) in [6.07, 6.45) is 0. The number of hydrogen-bond donors (Lipinski definition) is 0. The molecule has 2 aromatic rings. The van der Waals surface area contributed by atoms with Crippen molar-refractivity contribution in [2.75, 3.05) is 11.9 Å². The summed E-state index contributed by atoms with van der Waals surface area (Å²) in [7, 11) is 1.73. The molecule has 0 aliphatic heterocycles. The van der Waals surface area contributed by atoms with Crippen LogP contribution in [0.15, 0.2) is 48.5 Å². The molecule has 22 heavy (non-hydrogen) atoms. The predicted molar refractivity (Wildman–Crippen MR) is 86.3 cm³/mol. The number of non-ortho nitro benzene ring substituents is 2. The van der Waals surface area contributed by atoms with Gasteiger partial charge in [-0.25, -0.2) is 0 Å². The minimum Gasteiger partial charge on any atom is -0.335 e. The van der Waals surface area contributed by atoms with Crippen LogP contribution in [-0.2, 0) is 0 Å². The smallest absolute Gasteiger partial charge is 0.269 e. The third kappa shape index (κ3) is 3.23. The maximum absolute atomic E-state index is 10.6. The van der Waals surface area contributed by atoms with E-state index in [-0.39, 0.29) is 11.4 Å². The van der Waals surface area contributed by atoms with E-state index < -0.39 is 9.85 Å². The Morgan fingerprint density at radius 3 is 1.73 bits per heavy atom. The van der Waals surface area contributed by atoms with Crippen molar-refractivity contribution in [1.29, 1.82) is 0 Å². The van der Waals surface area contributed by atoms with E-state index in [1.54, 1.807) is 36.2 Å². The molecule has 0 saturated heterocycles. The summed E-state index contributed by atoms with van der Waals surface area (Å²) in [5.74, 6) is 0. The fourth-order valence-corrected chi connectivity index (χ4v) is 2.08. The molecule has 0 N–H and O–H groups in total. The van der Waals surface area contributed by atoms with E-state index in [0.29, 0.717) is 16.2 Å². The molecule has 2 rings (SSSR count). The minimum atomic E-state index is -0.479. The molecule has 0 aromatic heterocycles. The number of nitro benzene ring substituents is 2. The maximum Gasteiger partial charge on any atom is 0.269 e.